The first kappa shape index (κ1) is 16.4. The molecule has 0 unspecified atom stereocenters. The summed E-state index contributed by atoms with van der Waals surface area (Å²) in [6.07, 6.45) is 8.32. The first-order valence-corrected chi connectivity index (χ1v) is 8.88. The second kappa shape index (κ2) is 7.07. The van der Waals surface area contributed by atoms with Crippen LogP contribution >= 0.6 is 0 Å². The van der Waals surface area contributed by atoms with Crippen molar-refractivity contribution in [2.24, 2.45) is 0 Å². The van der Waals surface area contributed by atoms with Crippen LogP contribution in [0.25, 0.3) is 10.9 Å². The molecule has 0 bridgehead atoms. The predicted octanol–water partition coefficient (Wildman–Crippen LogP) is 3.05. The van der Waals surface area contributed by atoms with Crippen LogP contribution in [0, 0.1) is 6.92 Å². The lowest BCUT2D eigenvalue weighted by molar-refractivity contribution is 0.0712. The molecule has 0 atom stereocenters. The van der Waals surface area contributed by atoms with Crippen LogP contribution in [0.15, 0.2) is 49.1 Å². The lowest BCUT2D eigenvalue weighted by Gasteiger charge is -2.32. The standard InChI is InChI=1S/C20H21N5O/c1-14-3-2-4-16-17(5-8-23-19(14)16)24-15-6-11-25(12-7-15)20(26)18-13-21-9-10-22-18/h2-5,8-10,13,15H,6-7,11-12H2,1H3,(H,23,24). The molecule has 1 aromatic carbocycles. The highest BCUT2D eigenvalue weighted by molar-refractivity contribution is 5.93. The van der Waals surface area contributed by atoms with Crippen LogP contribution in [-0.4, -0.2) is 44.9 Å². The molecule has 4 rings (SSSR count). The number of anilines is 1. The van der Waals surface area contributed by atoms with Gasteiger partial charge in [-0.05, 0) is 31.4 Å². The van der Waals surface area contributed by atoms with Gasteiger partial charge in [-0.2, -0.15) is 0 Å². The quantitative estimate of drug-likeness (QED) is 0.788. The zero-order valence-electron chi connectivity index (χ0n) is 14.7. The number of rotatable bonds is 3. The Kier molecular flexibility index (Phi) is 4.48. The number of carbonyl (C=O) groups is 1. The van der Waals surface area contributed by atoms with Crippen LogP contribution in [-0.2, 0) is 0 Å². The van der Waals surface area contributed by atoms with Crippen molar-refractivity contribution in [1.29, 1.82) is 0 Å². The van der Waals surface area contributed by atoms with Crippen LogP contribution in [0.3, 0.4) is 0 Å². The first-order chi connectivity index (χ1) is 12.7. The van der Waals surface area contributed by atoms with Crippen molar-refractivity contribution < 1.29 is 4.79 Å². The van der Waals surface area contributed by atoms with Gasteiger partial charge in [0.1, 0.15) is 5.69 Å². The van der Waals surface area contributed by atoms with E-state index in [2.05, 4.69) is 45.4 Å². The molecule has 1 aliphatic rings. The number of nitrogens with one attached hydrogen (secondary N) is 1. The van der Waals surface area contributed by atoms with E-state index < -0.39 is 0 Å². The molecule has 6 heteroatoms. The fourth-order valence-electron chi connectivity index (χ4n) is 3.47. The molecule has 1 fully saturated rings. The summed E-state index contributed by atoms with van der Waals surface area (Å²) in [4.78, 5) is 26.9. The summed E-state index contributed by atoms with van der Waals surface area (Å²) in [6.45, 7) is 3.51. The van der Waals surface area contributed by atoms with E-state index in [9.17, 15) is 4.79 Å². The molecule has 132 valence electrons. The topological polar surface area (TPSA) is 71.0 Å². The van der Waals surface area contributed by atoms with Crippen LogP contribution < -0.4 is 5.32 Å². The number of likely N-dealkylation sites (tertiary alicyclic amines) is 1. The Balaban J connectivity index is 1.43. The third kappa shape index (κ3) is 3.22. The van der Waals surface area contributed by atoms with Gasteiger partial charge < -0.3 is 10.2 Å². The van der Waals surface area contributed by atoms with Gasteiger partial charge in [-0.25, -0.2) is 4.98 Å². The molecule has 26 heavy (non-hydrogen) atoms. The number of carbonyl (C=O) groups excluding carboxylic acids is 1. The highest BCUT2D eigenvalue weighted by Gasteiger charge is 2.24. The van der Waals surface area contributed by atoms with E-state index in [1.165, 1.54) is 11.8 Å². The minimum absolute atomic E-state index is 0.0402. The number of benzene rings is 1. The second-order valence-electron chi connectivity index (χ2n) is 6.63. The fourth-order valence-corrected chi connectivity index (χ4v) is 3.47. The normalized spacial score (nSPS) is 15.2. The van der Waals surface area contributed by atoms with E-state index in [4.69, 9.17) is 0 Å². The highest BCUT2D eigenvalue weighted by Crippen LogP contribution is 2.26. The third-order valence-electron chi connectivity index (χ3n) is 4.90. The third-order valence-corrected chi connectivity index (χ3v) is 4.90. The predicted molar refractivity (Wildman–Crippen MR) is 101 cm³/mol. The van der Waals surface area contributed by atoms with E-state index in [-0.39, 0.29) is 5.91 Å². The Bertz CT molecular complexity index is 920. The number of pyridine rings is 1. The van der Waals surface area contributed by atoms with Crippen molar-refractivity contribution in [3.8, 4) is 0 Å². The number of hydrogen-bond acceptors (Lipinski definition) is 5. The number of nitrogens with zero attached hydrogens (tertiary/aromatic N) is 4. The summed E-state index contributed by atoms with van der Waals surface area (Å²) < 4.78 is 0. The molecular formula is C20H21N5O. The lowest BCUT2D eigenvalue weighted by Crippen LogP contribution is -2.42. The van der Waals surface area contributed by atoms with Gasteiger partial charge >= 0.3 is 0 Å². The molecule has 3 heterocycles. The summed E-state index contributed by atoms with van der Waals surface area (Å²) >= 11 is 0. The maximum atomic E-state index is 12.5. The minimum Gasteiger partial charge on any atom is -0.382 e. The smallest absolute Gasteiger partial charge is 0.274 e. The fraction of sp³-hybridized carbons (Fsp3) is 0.300. The van der Waals surface area contributed by atoms with E-state index in [1.54, 1.807) is 12.4 Å². The van der Waals surface area contributed by atoms with E-state index in [0.29, 0.717) is 11.7 Å². The van der Waals surface area contributed by atoms with E-state index in [0.717, 1.165) is 42.5 Å². The van der Waals surface area contributed by atoms with Gasteiger partial charge in [0.2, 0.25) is 0 Å². The van der Waals surface area contributed by atoms with Gasteiger partial charge in [0, 0.05) is 48.8 Å². The Morgan fingerprint density at radius 2 is 1.96 bits per heavy atom. The molecule has 1 saturated heterocycles. The minimum atomic E-state index is -0.0402. The maximum absolute atomic E-state index is 12.5. The summed E-state index contributed by atoms with van der Waals surface area (Å²) in [5.41, 5.74) is 3.73. The van der Waals surface area contributed by atoms with Gasteiger partial charge in [-0.15, -0.1) is 0 Å². The van der Waals surface area contributed by atoms with Gasteiger partial charge in [-0.3, -0.25) is 14.8 Å². The molecule has 2 aromatic heterocycles. The summed E-state index contributed by atoms with van der Waals surface area (Å²) in [6, 6.07) is 8.61. The average molecular weight is 347 g/mol. The second-order valence-corrected chi connectivity index (χ2v) is 6.63. The highest BCUT2D eigenvalue weighted by atomic mass is 16.2. The van der Waals surface area contributed by atoms with Crippen LogP contribution in [0.2, 0.25) is 0 Å². The average Bonchev–Trinajstić information content (AvgIpc) is 2.69. The number of aryl methyl sites for hydroxylation is 1. The zero-order valence-corrected chi connectivity index (χ0v) is 14.7. The molecule has 1 amide bonds. The van der Waals surface area contributed by atoms with Crippen LogP contribution in [0.4, 0.5) is 5.69 Å². The van der Waals surface area contributed by atoms with Crippen molar-refractivity contribution in [2.75, 3.05) is 18.4 Å². The molecule has 0 spiro atoms. The van der Waals surface area contributed by atoms with Crippen LogP contribution in [0.1, 0.15) is 28.9 Å². The summed E-state index contributed by atoms with van der Waals surface area (Å²) in [5.74, 6) is -0.0402. The van der Waals surface area contributed by atoms with E-state index >= 15 is 0 Å². The van der Waals surface area contributed by atoms with Crippen molar-refractivity contribution in [3.63, 3.8) is 0 Å². The Hall–Kier alpha value is -3.02. The van der Waals surface area contributed by atoms with Gasteiger partial charge in [0.05, 0.1) is 11.7 Å². The van der Waals surface area contributed by atoms with Crippen molar-refractivity contribution in [3.05, 3.63) is 60.3 Å². The van der Waals surface area contributed by atoms with Gasteiger partial charge in [0.15, 0.2) is 0 Å². The van der Waals surface area contributed by atoms with Crippen molar-refractivity contribution >= 4 is 22.5 Å². The Morgan fingerprint density at radius 1 is 1.12 bits per heavy atom. The molecule has 1 N–H and O–H groups in total. The molecule has 0 saturated carbocycles. The SMILES string of the molecule is Cc1cccc2c(NC3CCN(C(=O)c4cnccn4)CC3)ccnc12. The molecular weight excluding hydrogens is 326 g/mol. The number of hydrogen-bond donors (Lipinski definition) is 1. The maximum Gasteiger partial charge on any atom is 0.274 e. The lowest BCUT2D eigenvalue weighted by atomic mass is 10.0. The largest absolute Gasteiger partial charge is 0.382 e. The number of para-hydroxylation sites is 1. The summed E-state index contributed by atoms with van der Waals surface area (Å²) in [7, 11) is 0. The van der Waals surface area contributed by atoms with Crippen molar-refractivity contribution in [2.45, 2.75) is 25.8 Å². The molecule has 0 radical (unpaired) electrons. The Morgan fingerprint density at radius 3 is 2.73 bits per heavy atom. The van der Waals surface area contributed by atoms with Crippen molar-refractivity contribution in [1.82, 2.24) is 19.9 Å². The van der Waals surface area contributed by atoms with Gasteiger partial charge in [-0.1, -0.05) is 18.2 Å². The van der Waals surface area contributed by atoms with Gasteiger partial charge in [0.25, 0.3) is 5.91 Å². The number of fused-ring (bicyclic) bond motifs is 1. The molecule has 0 aliphatic carbocycles. The Labute approximate surface area is 152 Å². The zero-order chi connectivity index (χ0) is 17.9. The molecule has 1 aliphatic heterocycles. The molecule has 3 aromatic rings. The summed E-state index contributed by atoms with van der Waals surface area (Å²) in [5, 5.41) is 4.79. The number of amides is 1. The van der Waals surface area contributed by atoms with E-state index in [1.807, 2.05) is 17.2 Å². The number of piperidine rings is 1. The number of aromatic nitrogens is 3. The van der Waals surface area contributed by atoms with Crippen LogP contribution in [0.5, 0.6) is 0 Å². The monoisotopic (exact) mass is 347 g/mol. The molecule has 6 nitrogen and oxygen atoms in total. The first-order valence-electron chi connectivity index (χ1n) is 8.88.